The van der Waals surface area contributed by atoms with Crippen molar-refractivity contribution >= 4 is 50.3 Å². The van der Waals surface area contributed by atoms with Crippen molar-refractivity contribution in [3.05, 3.63) is 77.1 Å². The van der Waals surface area contributed by atoms with Gasteiger partial charge in [0, 0.05) is 73.2 Å². The quantitative estimate of drug-likeness (QED) is 0.506. The van der Waals surface area contributed by atoms with Gasteiger partial charge >= 0.3 is 0 Å². The van der Waals surface area contributed by atoms with E-state index < -0.39 is 10.0 Å². The summed E-state index contributed by atoms with van der Waals surface area (Å²) in [5.74, 6) is 0.240. The first-order chi connectivity index (χ1) is 17.8. The molecule has 2 aromatic carbocycles. The number of rotatable bonds is 6. The number of aromatic nitrogens is 1. The number of aliphatic imine (C=N–C) groups is 1. The molecule has 8 nitrogen and oxygen atoms in total. The van der Waals surface area contributed by atoms with Crippen molar-refractivity contribution in [1.29, 1.82) is 0 Å². The SMILES string of the molecule is Cc1cc(C(=O)N2CCN(CC3C=NC=C(Cl)C3)CC2)ccc1NS(=O)(=O)c1cccc2cccnc12. The lowest BCUT2D eigenvalue weighted by Gasteiger charge is -2.36. The van der Waals surface area contributed by atoms with Crippen molar-refractivity contribution in [2.45, 2.75) is 18.2 Å². The highest BCUT2D eigenvalue weighted by Crippen LogP contribution is 2.26. The lowest BCUT2D eigenvalue weighted by Crippen LogP contribution is -2.50. The van der Waals surface area contributed by atoms with Crippen LogP contribution in [0, 0.1) is 12.8 Å². The molecule has 1 unspecified atom stereocenters. The molecule has 1 amide bonds. The van der Waals surface area contributed by atoms with Crippen LogP contribution in [-0.2, 0) is 10.0 Å². The third-order valence-electron chi connectivity index (χ3n) is 6.72. The van der Waals surface area contributed by atoms with E-state index in [4.69, 9.17) is 11.6 Å². The van der Waals surface area contributed by atoms with Gasteiger partial charge in [0.15, 0.2) is 0 Å². The summed E-state index contributed by atoms with van der Waals surface area (Å²) in [6.07, 6.45) is 6.01. The van der Waals surface area contributed by atoms with Gasteiger partial charge in [-0.15, -0.1) is 0 Å². The molecule has 2 aliphatic rings. The van der Waals surface area contributed by atoms with Gasteiger partial charge < -0.3 is 4.90 Å². The van der Waals surface area contributed by atoms with Gasteiger partial charge in [-0.25, -0.2) is 8.42 Å². The Labute approximate surface area is 221 Å². The molecular weight excluding hydrogens is 510 g/mol. The van der Waals surface area contributed by atoms with Crippen molar-refractivity contribution in [3.8, 4) is 0 Å². The molecule has 5 rings (SSSR count). The number of fused-ring (bicyclic) bond motifs is 1. The van der Waals surface area contributed by atoms with Crippen LogP contribution in [0.1, 0.15) is 22.3 Å². The van der Waals surface area contributed by atoms with Crippen LogP contribution in [-0.4, -0.2) is 68.0 Å². The van der Waals surface area contributed by atoms with Crippen molar-refractivity contribution in [1.82, 2.24) is 14.8 Å². The second-order valence-corrected chi connectivity index (χ2v) is 11.5. The van der Waals surface area contributed by atoms with Crippen LogP contribution < -0.4 is 4.72 Å². The van der Waals surface area contributed by atoms with E-state index in [9.17, 15) is 13.2 Å². The number of para-hydroxylation sites is 1. The van der Waals surface area contributed by atoms with E-state index in [2.05, 4.69) is 19.6 Å². The Morgan fingerprint density at radius 2 is 1.89 bits per heavy atom. The number of nitrogens with one attached hydrogen (secondary N) is 1. The van der Waals surface area contributed by atoms with Crippen LogP contribution >= 0.6 is 11.6 Å². The molecule has 0 radical (unpaired) electrons. The first-order valence-corrected chi connectivity index (χ1v) is 14.0. The number of halogens is 1. The van der Waals surface area contributed by atoms with Crippen LogP contribution in [0.25, 0.3) is 10.9 Å². The molecule has 1 fully saturated rings. The average molecular weight is 538 g/mol. The van der Waals surface area contributed by atoms with Crippen molar-refractivity contribution in [2.24, 2.45) is 10.9 Å². The first-order valence-electron chi connectivity index (χ1n) is 12.2. The zero-order chi connectivity index (χ0) is 26.0. The zero-order valence-corrected chi connectivity index (χ0v) is 22.0. The average Bonchev–Trinajstić information content (AvgIpc) is 2.89. The summed E-state index contributed by atoms with van der Waals surface area (Å²) in [4.78, 5) is 25.9. The maximum Gasteiger partial charge on any atom is 0.264 e. The largest absolute Gasteiger partial charge is 0.336 e. The summed E-state index contributed by atoms with van der Waals surface area (Å²) in [6, 6.07) is 13.7. The fraction of sp³-hybridized carbons (Fsp3) is 0.296. The standard InChI is InChI=1S/C27H28ClN5O3S/c1-19-14-22(27(34)33-12-10-32(11-13-33)18-20-15-23(28)17-29-16-20)7-8-24(19)31-37(35,36)25-6-2-4-21-5-3-9-30-26(21)25/h2-9,14,16-17,20,31H,10-13,15,18H2,1H3. The van der Waals surface area contributed by atoms with Gasteiger partial charge in [0.25, 0.3) is 15.9 Å². The Kier molecular flexibility index (Phi) is 7.28. The Bertz CT molecular complexity index is 1490. The minimum Gasteiger partial charge on any atom is -0.336 e. The van der Waals surface area contributed by atoms with Gasteiger partial charge in [0.1, 0.15) is 4.90 Å². The number of carbonyl (C=O) groups excluding carboxylic acids is 1. The van der Waals surface area contributed by atoms with Gasteiger partial charge in [-0.05, 0) is 49.2 Å². The van der Waals surface area contributed by atoms with Gasteiger partial charge in [0.2, 0.25) is 0 Å². The zero-order valence-electron chi connectivity index (χ0n) is 20.5. The maximum atomic E-state index is 13.2. The van der Waals surface area contributed by atoms with Crippen LogP contribution in [0.2, 0.25) is 0 Å². The normalized spacial score (nSPS) is 18.6. The Balaban J connectivity index is 1.23. The van der Waals surface area contributed by atoms with E-state index >= 15 is 0 Å². The van der Waals surface area contributed by atoms with Gasteiger partial charge in [-0.3, -0.25) is 24.4 Å². The number of pyridine rings is 1. The molecule has 3 heterocycles. The number of anilines is 1. The van der Waals surface area contributed by atoms with E-state index in [1.165, 1.54) is 6.07 Å². The fourth-order valence-electron chi connectivity index (χ4n) is 4.76. The molecule has 2 aliphatic heterocycles. The fourth-order valence-corrected chi connectivity index (χ4v) is 6.33. The van der Waals surface area contributed by atoms with E-state index in [1.807, 2.05) is 23.2 Å². The van der Waals surface area contributed by atoms with E-state index in [0.717, 1.165) is 36.5 Å². The number of piperazine rings is 1. The summed E-state index contributed by atoms with van der Waals surface area (Å²) in [7, 11) is -3.87. The summed E-state index contributed by atoms with van der Waals surface area (Å²) in [5.41, 5.74) is 2.05. The second-order valence-electron chi connectivity index (χ2n) is 9.40. The van der Waals surface area contributed by atoms with Crippen LogP contribution in [0.4, 0.5) is 5.69 Å². The third-order valence-corrected chi connectivity index (χ3v) is 8.37. The predicted molar refractivity (Wildman–Crippen MR) is 147 cm³/mol. The first kappa shape index (κ1) is 25.4. The lowest BCUT2D eigenvalue weighted by molar-refractivity contribution is 0.0628. The molecule has 10 heteroatoms. The molecule has 0 aliphatic carbocycles. The van der Waals surface area contributed by atoms with Crippen LogP contribution in [0.3, 0.4) is 0 Å². The molecule has 192 valence electrons. The van der Waals surface area contributed by atoms with Crippen molar-refractivity contribution in [3.63, 3.8) is 0 Å². The van der Waals surface area contributed by atoms with E-state index in [-0.39, 0.29) is 10.8 Å². The molecule has 0 spiro atoms. The smallest absolute Gasteiger partial charge is 0.264 e. The number of benzene rings is 2. The second kappa shape index (κ2) is 10.6. The topological polar surface area (TPSA) is 95.0 Å². The summed E-state index contributed by atoms with van der Waals surface area (Å²) >= 11 is 6.11. The van der Waals surface area contributed by atoms with Crippen LogP contribution in [0.5, 0.6) is 0 Å². The van der Waals surface area contributed by atoms with Gasteiger partial charge in [-0.1, -0.05) is 29.8 Å². The third kappa shape index (κ3) is 5.69. The number of amides is 1. The Morgan fingerprint density at radius 3 is 2.65 bits per heavy atom. The Morgan fingerprint density at radius 1 is 1.11 bits per heavy atom. The van der Waals surface area contributed by atoms with Crippen molar-refractivity contribution in [2.75, 3.05) is 37.4 Å². The number of carbonyl (C=O) groups is 1. The number of aryl methyl sites for hydroxylation is 1. The molecule has 0 bridgehead atoms. The van der Waals surface area contributed by atoms with Crippen molar-refractivity contribution < 1.29 is 13.2 Å². The van der Waals surface area contributed by atoms with Gasteiger partial charge in [0.05, 0.1) is 11.2 Å². The van der Waals surface area contributed by atoms with E-state index in [0.29, 0.717) is 41.3 Å². The molecule has 1 atom stereocenters. The number of sulfonamides is 1. The molecule has 0 saturated carbocycles. The monoisotopic (exact) mass is 537 g/mol. The number of allylic oxidation sites excluding steroid dienone is 1. The van der Waals surface area contributed by atoms with E-state index in [1.54, 1.807) is 49.7 Å². The summed E-state index contributed by atoms with van der Waals surface area (Å²) < 4.78 is 29.0. The molecule has 37 heavy (non-hydrogen) atoms. The van der Waals surface area contributed by atoms with Crippen LogP contribution in [0.15, 0.2) is 75.8 Å². The lowest BCUT2D eigenvalue weighted by atomic mass is 10.0. The molecule has 1 saturated heterocycles. The minimum atomic E-state index is -3.87. The molecule has 1 aromatic heterocycles. The molecule has 3 aromatic rings. The highest BCUT2D eigenvalue weighted by atomic mass is 35.5. The Hall–Kier alpha value is -3.27. The number of nitrogens with zero attached hydrogens (tertiary/aromatic N) is 4. The van der Waals surface area contributed by atoms with Gasteiger partial charge in [-0.2, -0.15) is 0 Å². The highest BCUT2D eigenvalue weighted by molar-refractivity contribution is 7.93. The maximum absolute atomic E-state index is 13.2. The minimum absolute atomic E-state index is 0.0550. The molecule has 1 N–H and O–H groups in total. The number of hydrogen-bond donors (Lipinski definition) is 1. The summed E-state index contributed by atoms with van der Waals surface area (Å²) in [5, 5.41) is 1.52. The molecular formula is C27H28ClN5O3S. The predicted octanol–water partition coefficient (Wildman–Crippen LogP) is 4.27. The number of hydrogen-bond acceptors (Lipinski definition) is 6. The summed E-state index contributed by atoms with van der Waals surface area (Å²) in [6.45, 7) is 5.50. The highest BCUT2D eigenvalue weighted by Gasteiger charge is 2.25.